The van der Waals surface area contributed by atoms with Crippen molar-refractivity contribution < 1.29 is 4.79 Å². The van der Waals surface area contributed by atoms with Crippen LogP contribution in [0.1, 0.15) is 43.1 Å². The maximum Gasteiger partial charge on any atom is 0.255 e. The standard InChI is InChI=1S/C17H22BrNO/c1-12-5-6-15(18)14(11-12)16(20)19-9-7-13(8-10-19)17(2,3)4/h5-7,11H,8-10H2,1-4H3. The fraction of sp³-hybridized carbons (Fsp3) is 0.471. The van der Waals surface area contributed by atoms with Gasteiger partial charge in [0.1, 0.15) is 0 Å². The topological polar surface area (TPSA) is 20.3 Å². The number of hydrogen-bond acceptors (Lipinski definition) is 1. The number of hydrogen-bond donors (Lipinski definition) is 0. The van der Waals surface area contributed by atoms with Crippen LogP contribution >= 0.6 is 15.9 Å². The van der Waals surface area contributed by atoms with E-state index in [-0.39, 0.29) is 11.3 Å². The van der Waals surface area contributed by atoms with Crippen LogP contribution in [-0.4, -0.2) is 23.9 Å². The van der Waals surface area contributed by atoms with Crippen LogP contribution in [0.25, 0.3) is 0 Å². The van der Waals surface area contributed by atoms with E-state index in [2.05, 4.69) is 42.8 Å². The van der Waals surface area contributed by atoms with Gasteiger partial charge in [-0.2, -0.15) is 0 Å². The molecule has 108 valence electrons. The first-order chi connectivity index (χ1) is 9.29. The summed E-state index contributed by atoms with van der Waals surface area (Å²) in [5.41, 5.74) is 3.53. The molecule has 0 radical (unpaired) electrons. The summed E-state index contributed by atoms with van der Waals surface area (Å²) in [6.07, 6.45) is 3.18. The lowest BCUT2D eigenvalue weighted by Crippen LogP contribution is -2.36. The third kappa shape index (κ3) is 3.32. The first-order valence-corrected chi connectivity index (χ1v) is 7.83. The molecule has 0 unspecified atom stereocenters. The Labute approximate surface area is 130 Å². The average molecular weight is 336 g/mol. The number of rotatable bonds is 1. The normalized spacial score (nSPS) is 16.1. The summed E-state index contributed by atoms with van der Waals surface area (Å²) in [4.78, 5) is 14.5. The SMILES string of the molecule is Cc1ccc(Br)c(C(=O)N2CC=C(C(C)(C)C)CC2)c1. The molecule has 2 nitrogen and oxygen atoms in total. The number of nitrogens with zero attached hydrogens (tertiary/aromatic N) is 1. The zero-order valence-corrected chi connectivity index (χ0v) is 14.3. The molecule has 1 aliphatic heterocycles. The number of aryl methyl sites for hydroxylation is 1. The van der Waals surface area contributed by atoms with Crippen LogP contribution in [-0.2, 0) is 0 Å². The Morgan fingerprint density at radius 2 is 2.00 bits per heavy atom. The smallest absolute Gasteiger partial charge is 0.255 e. The number of amides is 1. The molecule has 0 N–H and O–H groups in total. The molecular weight excluding hydrogens is 314 g/mol. The summed E-state index contributed by atoms with van der Waals surface area (Å²) in [5.74, 6) is 0.116. The number of carbonyl (C=O) groups is 1. The van der Waals surface area contributed by atoms with Crippen LogP contribution in [0.3, 0.4) is 0 Å². The van der Waals surface area contributed by atoms with Gasteiger partial charge in [0.15, 0.2) is 0 Å². The Kier molecular flexibility index (Phi) is 4.38. The largest absolute Gasteiger partial charge is 0.335 e. The van der Waals surface area contributed by atoms with Crippen LogP contribution in [0.15, 0.2) is 34.3 Å². The Morgan fingerprint density at radius 1 is 1.30 bits per heavy atom. The van der Waals surface area contributed by atoms with Crippen LogP contribution in [0.4, 0.5) is 0 Å². The van der Waals surface area contributed by atoms with Gasteiger partial charge < -0.3 is 4.90 Å². The van der Waals surface area contributed by atoms with E-state index >= 15 is 0 Å². The number of benzene rings is 1. The summed E-state index contributed by atoms with van der Waals surface area (Å²) in [6.45, 7) is 10.2. The summed E-state index contributed by atoms with van der Waals surface area (Å²) in [5, 5.41) is 0. The molecule has 0 saturated heterocycles. The molecule has 1 heterocycles. The van der Waals surface area contributed by atoms with Crippen molar-refractivity contribution in [1.29, 1.82) is 0 Å². The fourth-order valence-corrected chi connectivity index (χ4v) is 2.92. The van der Waals surface area contributed by atoms with E-state index in [0.29, 0.717) is 6.54 Å². The van der Waals surface area contributed by atoms with Gasteiger partial charge in [-0.05, 0) is 46.8 Å². The van der Waals surface area contributed by atoms with Crippen molar-refractivity contribution in [2.75, 3.05) is 13.1 Å². The van der Waals surface area contributed by atoms with Crippen LogP contribution < -0.4 is 0 Å². The van der Waals surface area contributed by atoms with Crippen molar-refractivity contribution in [1.82, 2.24) is 4.90 Å². The van der Waals surface area contributed by atoms with E-state index in [0.717, 1.165) is 28.6 Å². The van der Waals surface area contributed by atoms with E-state index in [1.165, 1.54) is 5.57 Å². The maximum atomic E-state index is 12.6. The van der Waals surface area contributed by atoms with Gasteiger partial charge in [-0.1, -0.05) is 44.1 Å². The van der Waals surface area contributed by atoms with Crippen molar-refractivity contribution in [3.63, 3.8) is 0 Å². The minimum atomic E-state index is 0.116. The molecule has 0 fully saturated rings. The molecule has 1 aliphatic rings. The summed E-state index contributed by atoms with van der Waals surface area (Å²) >= 11 is 3.48. The lowest BCUT2D eigenvalue weighted by molar-refractivity contribution is 0.0764. The molecule has 1 aromatic carbocycles. The molecule has 3 heteroatoms. The zero-order valence-electron chi connectivity index (χ0n) is 12.7. The highest BCUT2D eigenvalue weighted by atomic mass is 79.9. The monoisotopic (exact) mass is 335 g/mol. The molecule has 0 aliphatic carbocycles. The van der Waals surface area contributed by atoms with Crippen LogP contribution in [0.2, 0.25) is 0 Å². The van der Waals surface area contributed by atoms with Gasteiger partial charge in [-0.3, -0.25) is 4.79 Å². The summed E-state index contributed by atoms with van der Waals surface area (Å²) < 4.78 is 0.874. The number of halogens is 1. The second kappa shape index (κ2) is 5.72. The predicted molar refractivity (Wildman–Crippen MR) is 86.9 cm³/mol. The highest BCUT2D eigenvalue weighted by molar-refractivity contribution is 9.10. The molecule has 0 bridgehead atoms. The minimum absolute atomic E-state index is 0.116. The molecule has 2 rings (SSSR count). The Morgan fingerprint density at radius 3 is 2.55 bits per heavy atom. The average Bonchev–Trinajstić information content (AvgIpc) is 2.40. The maximum absolute atomic E-state index is 12.6. The predicted octanol–water partition coefficient (Wildman–Crippen LogP) is 4.58. The Hall–Kier alpha value is -1.09. The third-order valence-electron chi connectivity index (χ3n) is 3.81. The third-order valence-corrected chi connectivity index (χ3v) is 4.50. The van der Waals surface area contributed by atoms with E-state index in [4.69, 9.17) is 0 Å². The van der Waals surface area contributed by atoms with Gasteiger partial charge in [0.25, 0.3) is 5.91 Å². The fourth-order valence-electron chi connectivity index (χ4n) is 2.51. The lowest BCUT2D eigenvalue weighted by atomic mass is 9.83. The highest BCUT2D eigenvalue weighted by Gasteiger charge is 2.25. The summed E-state index contributed by atoms with van der Waals surface area (Å²) in [6, 6.07) is 5.91. The second-order valence-corrected chi connectivity index (χ2v) is 7.32. The van der Waals surface area contributed by atoms with Crippen molar-refractivity contribution in [2.45, 2.75) is 34.1 Å². The van der Waals surface area contributed by atoms with Crippen molar-refractivity contribution >= 4 is 21.8 Å². The molecule has 0 spiro atoms. The summed E-state index contributed by atoms with van der Waals surface area (Å²) in [7, 11) is 0. The second-order valence-electron chi connectivity index (χ2n) is 6.46. The van der Waals surface area contributed by atoms with Gasteiger partial charge in [-0.15, -0.1) is 0 Å². The van der Waals surface area contributed by atoms with Crippen LogP contribution in [0.5, 0.6) is 0 Å². The first-order valence-electron chi connectivity index (χ1n) is 7.04. The van der Waals surface area contributed by atoms with Gasteiger partial charge in [0, 0.05) is 17.6 Å². The Bertz CT molecular complexity index is 555. The minimum Gasteiger partial charge on any atom is -0.335 e. The van der Waals surface area contributed by atoms with Gasteiger partial charge in [-0.25, -0.2) is 0 Å². The van der Waals surface area contributed by atoms with E-state index in [1.54, 1.807) is 0 Å². The van der Waals surface area contributed by atoms with Gasteiger partial charge in [0.2, 0.25) is 0 Å². The van der Waals surface area contributed by atoms with Crippen molar-refractivity contribution in [2.24, 2.45) is 5.41 Å². The first kappa shape index (κ1) is 15.3. The Balaban J connectivity index is 2.17. The van der Waals surface area contributed by atoms with Crippen molar-refractivity contribution in [3.05, 3.63) is 45.4 Å². The van der Waals surface area contributed by atoms with Crippen molar-refractivity contribution in [3.8, 4) is 0 Å². The molecule has 0 aromatic heterocycles. The van der Waals surface area contributed by atoms with Gasteiger partial charge >= 0.3 is 0 Å². The van der Waals surface area contributed by atoms with E-state index in [1.807, 2.05) is 30.0 Å². The molecule has 20 heavy (non-hydrogen) atoms. The van der Waals surface area contributed by atoms with Crippen LogP contribution in [0, 0.1) is 12.3 Å². The number of carbonyl (C=O) groups excluding carboxylic acids is 1. The lowest BCUT2D eigenvalue weighted by Gasteiger charge is -2.32. The molecule has 1 amide bonds. The molecule has 1 aromatic rings. The molecular formula is C17H22BrNO. The zero-order chi connectivity index (χ0) is 14.9. The molecule has 0 saturated carbocycles. The van der Waals surface area contributed by atoms with E-state index < -0.39 is 0 Å². The highest BCUT2D eigenvalue weighted by Crippen LogP contribution is 2.31. The van der Waals surface area contributed by atoms with Gasteiger partial charge in [0.05, 0.1) is 5.56 Å². The van der Waals surface area contributed by atoms with E-state index in [9.17, 15) is 4.79 Å². The quantitative estimate of drug-likeness (QED) is 0.688. The molecule has 0 atom stereocenters.